The Hall–Kier alpha value is -2.35. The van der Waals surface area contributed by atoms with E-state index in [9.17, 15) is 9.59 Å². The van der Waals surface area contributed by atoms with Crippen LogP contribution in [0.2, 0.25) is 0 Å². The minimum absolute atomic E-state index is 0.252. The van der Waals surface area contributed by atoms with Crippen LogP contribution in [0.15, 0.2) is 18.2 Å². The van der Waals surface area contributed by atoms with Gasteiger partial charge in [0.25, 0.3) is 5.91 Å². The number of carbonyl (C=O) groups excluding carboxylic acids is 2. The van der Waals surface area contributed by atoms with Gasteiger partial charge in [-0.1, -0.05) is 6.07 Å². The Kier molecular flexibility index (Phi) is 5.07. The lowest BCUT2D eigenvalue weighted by atomic mass is 10.1. The Morgan fingerprint density at radius 1 is 1.37 bits per heavy atom. The number of rotatable bonds is 4. The monoisotopic (exact) mass is 260 g/mol. The predicted molar refractivity (Wildman–Crippen MR) is 69.4 cm³/mol. The molecule has 1 aromatic carbocycles. The summed E-state index contributed by atoms with van der Waals surface area (Å²) in [4.78, 5) is 23.1. The van der Waals surface area contributed by atoms with Crippen molar-refractivity contribution in [2.24, 2.45) is 0 Å². The van der Waals surface area contributed by atoms with Gasteiger partial charge < -0.3 is 10.1 Å². The van der Waals surface area contributed by atoms with E-state index in [1.54, 1.807) is 18.2 Å². The van der Waals surface area contributed by atoms with Gasteiger partial charge in [-0.2, -0.15) is 5.26 Å². The zero-order valence-electron chi connectivity index (χ0n) is 11.2. The quantitative estimate of drug-likeness (QED) is 0.832. The molecule has 19 heavy (non-hydrogen) atoms. The highest BCUT2D eigenvalue weighted by molar-refractivity contribution is 5.96. The number of ether oxygens (including phenoxy) is 1. The van der Waals surface area contributed by atoms with Crippen molar-refractivity contribution in [2.75, 3.05) is 6.54 Å². The fourth-order valence-corrected chi connectivity index (χ4v) is 1.40. The molecular weight excluding hydrogens is 244 g/mol. The fourth-order valence-electron chi connectivity index (χ4n) is 1.40. The molecule has 0 heterocycles. The van der Waals surface area contributed by atoms with Crippen molar-refractivity contribution < 1.29 is 14.3 Å². The number of hydrogen-bond donors (Lipinski definition) is 1. The molecule has 1 N–H and O–H groups in total. The van der Waals surface area contributed by atoms with Crippen molar-refractivity contribution in [3.05, 3.63) is 34.9 Å². The predicted octanol–water partition coefficient (Wildman–Crippen LogP) is 1.49. The average molecular weight is 260 g/mol. The molecule has 0 spiro atoms. The largest absolute Gasteiger partial charge is 0.446 e. The smallest absolute Gasteiger partial charge is 0.326 e. The zero-order chi connectivity index (χ0) is 14.4. The first-order valence-electron chi connectivity index (χ1n) is 5.88. The molecule has 0 aliphatic carbocycles. The van der Waals surface area contributed by atoms with Crippen molar-refractivity contribution in [1.82, 2.24) is 5.32 Å². The number of aryl methyl sites for hydroxylation is 2. The molecule has 1 amide bonds. The van der Waals surface area contributed by atoms with E-state index in [1.165, 1.54) is 6.92 Å². The lowest BCUT2D eigenvalue weighted by molar-refractivity contribution is -0.144. The van der Waals surface area contributed by atoms with Gasteiger partial charge in [0.15, 0.2) is 6.10 Å². The van der Waals surface area contributed by atoms with Gasteiger partial charge in [0, 0.05) is 5.56 Å². The normalized spacial score (nSPS) is 11.3. The summed E-state index contributed by atoms with van der Waals surface area (Å²) in [6, 6.07) is 7.07. The maximum absolute atomic E-state index is 11.8. The van der Waals surface area contributed by atoms with Crippen LogP contribution in [0.3, 0.4) is 0 Å². The number of benzene rings is 1. The van der Waals surface area contributed by atoms with Crippen LogP contribution in [-0.4, -0.2) is 24.5 Å². The van der Waals surface area contributed by atoms with Crippen molar-refractivity contribution in [2.45, 2.75) is 26.9 Å². The van der Waals surface area contributed by atoms with E-state index < -0.39 is 12.1 Å². The van der Waals surface area contributed by atoms with Gasteiger partial charge in [-0.25, -0.2) is 0 Å². The summed E-state index contributed by atoms with van der Waals surface area (Å²) in [5.74, 6) is -0.976. The Balaban J connectivity index is 2.54. The lowest BCUT2D eigenvalue weighted by Gasteiger charge is -2.08. The molecule has 5 heteroatoms. The molecule has 0 aliphatic heterocycles. The summed E-state index contributed by atoms with van der Waals surface area (Å²) in [5, 5.41) is 10.9. The van der Waals surface area contributed by atoms with E-state index >= 15 is 0 Å². The average Bonchev–Trinajstić information content (AvgIpc) is 2.39. The summed E-state index contributed by atoms with van der Waals surface area (Å²) in [7, 11) is 0. The van der Waals surface area contributed by atoms with E-state index in [2.05, 4.69) is 5.32 Å². The number of nitriles is 1. The van der Waals surface area contributed by atoms with Gasteiger partial charge in [0.05, 0.1) is 0 Å². The molecule has 0 radical (unpaired) electrons. The minimum Gasteiger partial charge on any atom is -0.446 e. The zero-order valence-corrected chi connectivity index (χ0v) is 11.2. The SMILES string of the molecule is Cc1ccc(C(=O)NCC(=O)O[C@H](C)C#N)cc1C. The topological polar surface area (TPSA) is 79.2 Å². The van der Waals surface area contributed by atoms with Crippen molar-refractivity contribution >= 4 is 11.9 Å². The first-order valence-corrected chi connectivity index (χ1v) is 5.88. The van der Waals surface area contributed by atoms with Crippen LogP contribution in [0.1, 0.15) is 28.4 Å². The molecule has 0 bridgehead atoms. The molecule has 5 nitrogen and oxygen atoms in total. The molecule has 0 saturated carbocycles. The molecular formula is C14H16N2O3. The van der Waals surface area contributed by atoms with Crippen LogP contribution in [0.4, 0.5) is 0 Å². The molecule has 1 aromatic rings. The summed E-state index contributed by atoms with van der Waals surface area (Å²) < 4.78 is 4.71. The fraction of sp³-hybridized carbons (Fsp3) is 0.357. The molecule has 0 saturated heterocycles. The van der Waals surface area contributed by atoms with Crippen molar-refractivity contribution in [3.63, 3.8) is 0 Å². The standard InChI is InChI=1S/C14H16N2O3/c1-9-4-5-12(6-10(9)2)14(18)16-8-13(17)19-11(3)7-15/h4-6,11H,8H2,1-3H3,(H,16,18)/t11-/m1/s1. The second-order valence-corrected chi connectivity index (χ2v) is 4.24. The molecule has 100 valence electrons. The van der Waals surface area contributed by atoms with Gasteiger partial charge in [0.2, 0.25) is 0 Å². The summed E-state index contributed by atoms with van der Waals surface area (Å²) in [5.41, 5.74) is 2.59. The van der Waals surface area contributed by atoms with E-state index in [4.69, 9.17) is 10.00 Å². The maximum atomic E-state index is 11.8. The second kappa shape index (κ2) is 6.55. The molecule has 0 aromatic heterocycles. The molecule has 0 unspecified atom stereocenters. The van der Waals surface area contributed by atoms with E-state index in [0.717, 1.165) is 11.1 Å². The summed E-state index contributed by atoms with van der Waals surface area (Å²) in [6.07, 6.45) is -0.814. The van der Waals surface area contributed by atoms with Gasteiger partial charge in [-0.3, -0.25) is 9.59 Å². The third kappa shape index (κ3) is 4.43. The maximum Gasteiger partial charge on any atom is 0.326 e. The van der Waals surface area contributed by atoms with Crippen LogP contribution in [0, 0.1) is 25.2 Å². The lowest BCUT2D eigenvalue weighted by Crippen LogP contribution is -2.31. The number of amides is 1. The van der Waals surface area contributed by atoms with Crippen molar-refractivity contribution in [3.8, 4) is 6.07 Å². The third-order valence-corrected chi connectivity index (χ3v) is 2.65. The van der Waals surface area contributed by atoms with Crippen LogP contribution >= 0.6 is 0 Å². The first kappa shape index (κ1) is 14.7. The molecule has 0 fully saturated rings. The number of nitrogens with one attached hydrogen (secondary N) is 1. The highest BCUT2D eigenvalue weighted by Crippen LogP contribution is 2.09. The Bertz CT molecular complexity index is 532. The number of esters is 1. The summed E-state index contributed by atoms with van der Waals surface area (Å²) in [6.45, 7) is 5.08. The highest BCUT2D eigenvalue weighted by Gasteiger charge is 2.11. The third-order valence-electron chi connectivity index (χ3n) is 2.65. The van der Waals surface area contributed by atoms with Gasteiger partial charge in [0.1, 0.15) is 12.6 Å². The van der Waals surface area contributed by atoms with E-state index in [-0.39, 0.29) is 12.5 Å². The van der Waals surface area contributed by atoms with Crippen LogP contribution < -0.4 is 5.32 Å². The van der Waals surface area contributed by atoms with E-state index in [0.29, 0.717) is 5.56 Å². The number of carbonyl (C=O) groups is 2. The molecule has 1 atom stereocenters. The Morgan fingerprint density at radius 2 is 2.05 bits per heavy atom. The van der Waals surface area contributed by atoms with E-state index in [1.807, 2.05) is 19.9 Å². The molecule has 1 rings (SSSR count). The highest BCUT2D eigenvalue weighted by atomic mass is 16.5. The minimum atomic E-state index is -0.814. The van der Waals surface area contributed by atoms with Crippen LogP contribution in [-0.2, 0) is 9.53 Å². The second-order valence-electron chi connectivity index (χ2n) is 4.24. The Morgan fingerprint density at radius 3 is 2.63 bits per heavy atom. The number of hydrogen-bond acceptors (Lipinski definition) is 4. The van der Waals surface area contributed by atoms with Crippen LogP contribution in [0.25, 0.3) is 0 Å². The summed E-state index contributed by atoms with van der Waals surface area (Å²) >= 11 is 0. The van der Waals surface area contributed by atoms with Gasteiger partial charge in [-0.15, -0.1) is 0 Å². The molecule has 0 aliphatic rings. The van der Waals surface area contributed by atoms with Gasteiger partial charge >= 0.3 is 5.97 Å². The van der Waals surface area contributed by atoms with Crippen LogP contribution in [0.5, 0.6) is 0 Å². The van der Waals surface area contributed by atoms with Crippen molar-refractivity contribution in [1.29, 1.82) is 5.26 Å². The first-order chi connectivity index (χ1) is 8.93. The van der Waals surface area contributed by atoms with Gasteiger partial charge in [-0.05, 0) is 44.0 Å². The number of nitrogens with zero attached hydrogens (tertiary/aromatic N) is 1. The Labute approximate surface area is 112 Å².